The number of ether oxygens (including phenoxy) is 2. The van der Waals surface area contributed by atoms with Gasteiger partial charge < -0.3 is 19.7 Å². The summed E-state index contributed by atoms with van der Waals surface area (Å²) in [6, 6.07) is 7.84. The number of nitrogens with one attached hydrogen (secondary N) is 2. The van der Waals surface area contributed by atoms with E-state index in [-0.39, 0.29) is 5.91 Å². The molecule has 0 spiro atoms. The Labute approximate surface area is 119 Å². The Morgan fingerprint density at radius 2 is 2.00 bits per heavy atom. The predicted octanol–water partition coefficient (Wildman–Crippen LogP) is -0.522. The molecule has 5 heteroatoms. The second kappa shape index (κ2) is 7.99. The first-order valence-electron chi connectivity index (χ1n) is 7.07. The standard InChI is InChI=1S/C15H22N2O3/c1-19-9-6-16-15(18)14-4-2-13(3-5-14)12-17-7-10-20-11-8-17/h2-5H,6-12H2,1H3,(H,16,18)/p+1. The van der Waals surface area contributed by atoms with Crippen LogP contribution >= 0.6 is 0 Å². The highest BCUT2D eigenvalue weighted by molar-refractivity contribution is 5.94. The maximum Gasteiger partial charge on any atom is 0.251 e. The molecule has 1 saturated heterocycles. The van der Waals surface area contributed by atoms with E-state index >= 15 is 0 Å². The average Bonchev–Trinajstić information content (AvgIpc) is 2.49. The van der Waals surface area contributed by atoms with Crippen molar-refractivity contribution in [1.82, 2.24) is 5.32 Å². The lowest BCUT2D eigenvalue weighted by Crippen LogP contribution is -3.12. The van der Waals surface area contributed by atoms with Gasteiger partial charge in [-0.1, -0.05) is 12.1 Å². The van der Waals surface area contributed by atoms with Crippen molar-refractivity contribution < 1.29 is 19.2 Å². The monoisotopic (exact) mass is 279 g/mol. The van der Waals surface area contributed by atoms with E-state index in [4.69, 9.17) is 9.47 Å². The molecule has 1 aromatic rings. The van der Waals surface area contributed by atoms with E-state index in [0.29, 0.717) is 18.7 Å². The van der Waals surface area contributed by atoms with Crippen LogP contribution in [0.5, 0.6) is 0 Å². The van der Waals surface area contributed by atoms with E-state index < -0.39 is 0 Å². The molecule has 0 unspecified atom stereocenters. The fourth-order valence-corrected chi connectivity index (χ4v) is 2.27. The van der Waals surface area contributed by atoms with Crippen LogP contribution in [0.2, 0.25) is 0 Å². The minimum Gasteiger partial charge on any atom is -0.383 e. The minimum atomic E-state index is -0.0488. The summed E-state index contributed by atoms with van der Waals surface area (Å²) in [7, 11) is 1.62. The summed E-state index contributed by atoms with van der Waals surface area (Å²) < 4.78 is 10.3. The van der Waals surface area contributed by atoms with Gasteiger partial charge in [0.2, 0.25) is 0 Å². The second-order valence-corrected chi connectivity index (χ2v) is 4.98. The Morgan fingerprint density at radius 1 is 1.30 bits per heavy atom. The highest BCUT2D eigenvalue weighted by atomic mass is 16.5. The predicted molar refractivity (Wildman–Crippen MR) is 75.9 cm³/mol. The third-order valence-corrected chi connectivity index (χ3v) is 3.46. The summed E-state index contributed by atoms with van der Waals surface area (Å²) in [6.07, 6.45) is 0. The number of methoxy groups -OCH3 is 1. The molecular formula is C15H23N2O3+. The van der Waals surface area contributed by atoms with Gasteiger partial charge in [-0.25, -0.2) is 0 Å². The molecule has 2 rings (SSSR count). The number of amides is 1. The smallest absolute Gasteiger partial charge is 0.251 e. The molecule has 2 N–H and O–H groups in total. The zero-order valence-corrected chi connectivity index (χ0v) is 12.0. The van der Waals surface area contributed by atoms with E-state index in [9.17, 15) is 4.79 Å². The molecule has 1 amide bonds. The Balaban J connectivity index is 1.83. The summed E-state index contributed by atoms with van der Waals surface area (Å²) in [5.41, 5.74) is 1.96. The van der Waals surface area contributed by atoms with Crippen LogP contribution in [-0.2, 0) is 16.0 Å². The third kappa shape index (κ3) is 4.59. The van der Waals surface area contributed by atoms with E-state index in [0.717, 1.165) is 32.8 Å². The quantitative estimate of drug-likeness (QED) is 0.689. The van der Waals surface area contributed by atoms with Gasteiger partial charge in [-0.05, 0) is 12.1 Å². The number of hydrogen-bond donors (Lipinski definition) is 2. The van der Waals surface area contributed by atoms with E-state index in [1.165, 1.54) is 10.5 Å². The molecule has 0 aliphatic carbocycles. The van der Waals surface area contributed by atoms with Gasteiger partial charge in [0.05, 0.1) is 19.8 Å². The maximum absolute atomic E-state index is 11.8. The molecule has 0 radical (unpaired) electrons. The highest BCUT2D eigenvalue weighted by Crippen LogP contribution is 2.03. The first-order valence-corrected chi connectivity index (χ1v) is 7.07. The van der Waals surface area contributed by atoms with Gasteiger partial charge >= 0.3 is 0 Å². The number of rotatable bonds is 6. The van der Waals surface area contributed by atoms with Crippen LogP contribution in [0.4, 0.5) is 0 Å². The van der Waals surface area contributed by atoms with Crippen molar-refractivity contribution in [3.63, 3.8) is 0 Å². The molecule has 5 nitrogen and oxygen atoms in total. The number of benzene rings is 1. The first-order chi connectivity index (χ1) is 9.79. The Hall–Kier alpha value is -1.43. The van der Waals surface area contributed by atoms with Crippen molar-refractivity contribution in [2.24, 2.45) is 0 Å². The van der Waals surface area contributed by atoms with E-state index in [1.807, 2.05) is 24.3 Å². The van der Waals surface area contributed by atoms with Gasteiger partial charge in [-0.15, -0.1) is 0 Å². The van der Waals surface area contributed by atoms with Crippen LogP contribution < -0.4 is 10.2 Å². The molecule has 1 fully saturated rings. The summed E-state index contributed by atoms with van der Waals surface area (Å²) >= 11 is 0. The molecule has 1 heterocycles. The van der Waals surface area contributed by atoms with Crippen molar-refractivity contribution in [2.45, 2.75) is 6.54 Å². The van der Waals surface area contributed by atoms with Crippen LogP contribution in [0.25, 0.3) is 0 Å². The summed E-state index contributed by atoms with van der Waals surface area (Å²) in [4.78, 5) is 13.4. The van der Waals surface area contributed by atoms with Gasteiger partial charge in [0.1, 0.15) is 19.6 Å². The SMILES string of the molecule is COCCNC(=O)c1ccc(C[NH+]2CCOCC2)cc1. The average molecular weight is 279 g/mol. The van der Waals surface area contributed by atoms with Crippen molar-refractivity contribution in [3.8, 4) is 0 Å². The largest absolute Gasteiger partial charge is 0.383 e. The van der Waals surface area contributed by atoms with E-state index in [2.05, 4.69) is 5.32 Å². The second-order valence-electron chi connectivity index (χ2n) is 4.98. The molecule has 1 aliphatic rings. The Morgan fingerprint density at radius 3 is 2.65 bits per heavy atom. The third-order valence-electron chi connectivity index (χ3n) is 3.46. The van der Waals surface area contributed by atoms with Gasteiger partial charge in [0.25, 0.3) is 5.91 Å². The molecule has 0 aromatic heterocycles. The van der Waals surface area contributed by atoms with Crippen LogP contribution in [0, 0.1) is 0 Å². The minimum absolute atomic E-state index is 0.0488. The lowest BCUT2D eigenvalue weighted by Gasteiger charge is -2.23. The lowest BCUT2D eigenvalue weighted by molar-refractivity contribution is -0.921. The maximum atomic E-state index is 11.8. The fraction of sp³-hybridized carbons (Fsp3) is 0.533. The highest BCUT2D eigenvalue weighted by Gasteiger charge is 2.14. The van der Waals surface area contributed by atoms with Gasteiger partial charge in [-0.3, -0.25) is 4.79 Å². The Kier molecular flexibility index (Phi) is 5.98. The molecule has 110 valence electrons. The molecular weight excluding hydrogens is 256 g/mol. The van der Waals surface area contributed by atoms with Crippen LogP contribution in [-0.4, -0.2) is 52.5 Å². The lowest BCUT2D eigenvalue weighted by atomic mass is 10.1. The topological polar surface area (TPSA) is 52.0 Å². The van der Waals surface area contributed by atoms with Crippen LogP contribution in [0.1, 0.15) is 15.9 Å². The number of carbonyl (C=O) groups excluding carboxylic acids is 1. The zero-order chi connectivity index (χ0) is 14.2. The summed E-state index contributed by atoms with van der Waals surface area (Å²) in [5.74, 6) is -0.0488. The van der Waals surface area contributed by atoms with Crippen molar-refractivity contribution in [2.75, 3.05) is 46.6 Å². The molecule has 1 aliphatic heterocycles. The zero-order valence-electron chi connectivity index (χ0n) is 12.0. The molecule has 1 aromatic carbocycles. The molecule has 0 saturated carbocycles. The van der Waals surface area contributed by atoms with Gasteiger partial charge in [0, 0.05) is 24.8 Å². The number of morpholine rings is 1. The number of hydrogen-bond acceptors (Lipinski definition) is 3. The van der Waals surface area contributed by atoms with E-state index in [1.54, 1.807) is 7.11 Å². The fourth-order valence-electron chi connectivity index (χ4n) is 2.27. The molecule has 0 bridgehead atoms. The van der Waals surface area contributed by atoms with Gasteiger partial charge in [0.15, 0.2) is 0 Å². The van der Waals surface area contributed by atoms with Crippen LogP contribution in [0.3, 0.4) is 0 Å². The van der Waals surface area contributed by atoms with Gasteiger partial charge in [-0.2, -0.15) is 0 Å². The normalized spacial score (nSPS) is 16.1. The molecule has 20 heavy (non-hydrogen) atoms. The molecule has 0 atom stereocenters. The number of quaternary nitrogens is 1. The summed E-state index contributed by atoms with van der Waals surface area (Å²) in [6.45, 7) is 5.86. The Bertz CT molecular complexity index is 414. The van der Waals surface area contributed by atoms with Crippen molar-refractivity contribution in [1.29, 1.82) is 0 Å². The number of carbonyl (C=O) groups is 1. The first kappa shape index (κ1) is 15.0. The van der Waals surface area contributed by atoms with Crippen LogP contribution in [0.15, 0.2) is 24.3 Å². The van der Waals surface area contributed by atoms with Crippen molar-refractivity contribution in [3.05, 3.63) is 35.4 Å². The van der Waals surface area contributed by atoms with Crippen molar-refractivity contribution >= 4 is 5.91 Å². The summed E-state index contributed by atoms with van der Waals surface area (Å²) in [5, 5.41) is 2.82.